The maximum Gasteiger partial charge on any atom is 0.243 e. The van der Waals surface area contributed by atoms with Crippen molar-refractivity contribution in [2.24, 2.45) is 0 Å². The van der Waals surface area contributed by atoms with Gasteiger partial charge < -0.3 is 10.2 Å². The second kappa shape index (κ2) is 14.2. The van der Waals surface area contributed by atoms with Gasteiger partial charge in [0.1, 0.15) is 6.04 Å². The Hall–Kier alpha value is -2.00. The monoisotopic (exact) mass is 589 g/mol. The van der Waals surface area contributed by atoms with E-state index < -0.39 is 16.1 Å². The number of rotatable bonds is 13. The molecule has 1 N–H and O–H groups in total. The standard InChI is InChI=1S/C26H34Cl3N3O4S/c1-5-18(3)30-26(34)23(6-2)31(17-19-9-11-20(27)12-10-19)25(33)8-7-15-32(37(4,35)36)24-16-21(28)13-14-22(24)29/h9-14,16,18,23H,5-8,15,17H2,1-4H3,(H,30,34)/t18-,23+/m0/s1. The van der Waals surface area contributed by atoms with E-state index in [4.69, 9.17) is 34.8 Å². The Morgan fingerprint density at radius 3 is 2.16 bits per heavy atom. The Morgan fingerprint density at radius 1 is 0.973 bits per heavy atom. The molecule has 2 amide bonds. The fourth-order valence-corrected chi connectivity index (χ4v) is 5.34. The molecule has 0 fully saturated rings. The Balaban J connectivity index is 2.25. The van der Waals surface area contributed by atoms with Crippen LogP contribution in [-0.2, 0) is 26.2 Å². The van der Waals surface area contributed by atoms with E-state index in [2.05, 4.69) is 5.32 Å². The maximum absolute atomic E-state index is 13.5. The molecule has 0 spiro atoms. The van der Waals surface area contributed by atoms with Crippen LogP contribution in [0.2, 0.25) is 15.1 Å². The maximum atomic E-state index is 13.5. The summed E-state index contributed by atoms with van der Waals surface area (Å²) < 4.78 is 26.2. The summed E-state index contributed by atoms with van der Waals surface area (Å²) in [7, 11) is -3.69. The molecule has 0 aliphatic heterocycles. The summed E-state index contributed by atoms with van der Waals surface area (Å²) in [5, 5.41) is 4.12. The van der Waals surface area contributed by atoms with E-state index in [1.54, 1.807) is 23.1 Å². The van der Waals surface area contributed by atoms with E-state index in [0.717, 1.165) is 22.5 Å². The predicted octanol–water partition coefficient (Wildman–Crippen LogP) is 5.92. The van der Waals surface area contributed by atoms with Crippen molar-refractivity contribution in [2.45, 2.75) is 65.1 Å². The van der Waals surface area contributed by atoms with Crippen molar-refractivity contribution in [1.82, 2.24) is 10.2 Å². The number of sulfonamides is 1. The van der Waals surface area contributed by atoms with Crippen LogP contribution >= 0.6 is 34.8 Å². The molecule has 2 aromatic carbocycles. The number of nitrogens with zero attached hydrogens (tertiary/aromatic N) is 2. The Kier molecular flexibility index (Phi) is 12.0. The van der Waals surface area contributed by atoms with E-state index >= 15 is 0 Å². The highest BCUT2D eigenvalue weighted by Gasteiger charge is 2.29. The van der Waals surface area contributed by atoms with Crippen LogP contribution < -0.4 is 9.62 Å². The first-order chi connectivity index (χ1) is 17.4. The van der Waals surface area contributed by atoms with Gasteiger partial charge in [0.05, 0.1) is 17.0 Å². The third kappa shape index (κ3) is 9.36. The minimum Gasteiger partial charge on any atom is -0.352 e. The Morgan fingerprint density at radius 2 is 1.59 bits per heavy atom. The first kappa shape index (κ1) is 31.2. The number of benzene rings is 2. The van der Waals surface area contributed by atoms with Crippen LogP contribution in [0.3, 0.4) is 0 Å². The molecular formula is C26H34Cl3N3O4S. The zero-order valence-electron chi connectivity index (χ0n) is 21.5. The van der Waals surface area contributed by atoms with Gasteiger partial charge in [-0.1, -0.05) is 60.8 Å². The van der Waals surface area contributed by atoms with Crippen LogP contribution in [0.15, 0.2) is 42.5 Å². The van der Waals surface area contributed by atoms with E-state index in [0.29, 0.717) is 16.5 Å². The van der Waals surface area contributed by atoms with E-state index in [9.17, 15) is 18.0 Å². The minimum absolute atomic E-state index is 0.0231. The van der Waals surface area contributed by atoms with E-state index in [1.165, 1.54) is 12.1 Å². The highest BCUT2D eigenvalue weighted by molar-refractivity contribution is 7.92. The Labute approximate surface area is 235 Å². The summed E-state index contributed by atoms with van der Waals surface area (Å²) in [6.07, 6.45) is 2.52. The molecule has 0 heterocycles. The molecule has 2 aromatic rings. The van der Waals surface area contributed by atoms with Crippen LogP contribution in [0.1, 0.15) is 52.0 Å². The van der Waals surface area contributed by atoms with Crippen LogP contribution in [0.25, 0.3) is 0 Å². The summed E-state index contributed by atoms with van der Waals surface area (Å²) >= 11 is 18.3. The molecule has 37 heavy (non-hydrogen) atoms. The lowest BCUT2D eigenvalue weighted by atomic mass is 10.1. The van der Waals surface area contributed by atoms with Gasteiger partial charge in [-0.25, -0.2) is 8.42 Å². The molecular weight excluding hydrogens is 557 g/mol. The largest absolute Gasteiger partial charge is 0.352 e. The number of hydrogen-bond donors (Lipinski definition) is 1. The zero-order valence-corrected chi connectivity index (χ0v) is 24.6. The van der Waals surface area contributed by atoms with Crippen molar-refractivity contribution in [3.05, 3.63) is 63.1 Å². The van der Waals surface area contributed by atoms with Crippen LogP contribution in [0, 0.1) is 0 Å². The number of hydrogen-bond acceptors (Lipinski definition) is 4. The Bertz CT molecular complexity index is 1180. The van der Waals surface area contributed by atoms with Gasteiger partial charge in [-0.2, -0.15) is 0 Å². The van der Waals surface area contributed by atoms with E-state index in [-0.39, 0.29) is 54.5 Å². The van der Waals surface area contributed by atoms with Crippen molar-refractivity contribution in [3.8, 4) is 0 Å². The van der Waals surface area contributed by atoms with Gasteiger partial charge in [-0.15, -0.1) is 0 Å². The lowest BCUT2D eigenvalue weighted by molar-refractivity contribution is -0.141. The number of carbonyl (C=O) groups is 2. The number of anilines is 1. The van der Waals surface area contributed by atoms with Gasteiger partial charge in [0.15, 0.2) is 0 Å². The number of carbonyl (C=O) groups excluding carboxylic acids is 2. The smallest absolute Gasteiger partial charge is 0.243 e. The highest BCUT2D eigenvalue weighted by Crippen LogP contribution is 2.31. The molecule has 0 bridgehead atoms. The van der Waals surface area contributed by atoms with Gasteiger partial charge in [0, 0.05) is 35.6 Å². The average molecular weight is 591 g/mol. The lowest BCUT2D eigenvalue weighted by Crippen LogP contribution is -2.50. The summed E-state index contributed by atoms with van der Waals surface area (Å²) in [4.78, 5) is 28.1. The molecule has 204 valence electrons. The van der Waals surface area contributed by atoms with Crippen molar-refractivity contribution in [1.29, 1.82) is 0 Å². The quantitative estimate of drug-likeness (QED) is 0.314. The van der Waals surface area contributed by atoms with Crippen LogP contribution in [-0.4, -0.2) is 50.0 Å². The minimum atomic E-state index is -3.69. The zero-order chi connectivity index (χ0) is 27.8. The molecule has 2 atom stereocenters. The molecule has 0 radical (unpaired) electrons. The summed E-state index contributed by atoms with van der Waals surface area (Å²) in [5.41, 5.74) is 1.08. The molecule has 0 saturated carbocycles. The second-order valence-corrected chi connectivity index (χ2v) is 12.1. The number of halogens is 3. The lowest BCUT2D eigenvalue weighted by Gasteiger charge is -2.32. The molecule has 0 aliphatic carbocycles. The first-order valence-electron chi connectivity index (χ1n) is 12.1. The van der Waals surface area contributed by atoms with Crippen LogP contribution in [0.4, 0.5) is 5.69 Å². The molecule has 0 saturated heterocycles. The molecule has 0 unspecified atom stereocenters. The van der Waals surface area contributed by atoms with Crippen molar-refractivity contribution in [2.75, 3.05) is 17.1 Å². The SMILES string of the molecule is CC[C@H](C(=O)N[C@@H](C)CC)N(Cc1ccc(Cl)cc1)C(=O)CCCN(c1cc(Cl)ccc1Cl)S(C)(=O)=O. The fourth-order valence-electron chi connectivity index (χ4n) is 3.81. The molecule has 11 heteroatoms. The topological polar surface area (TPSA) is 86.8 Å². The van der Waals surface area contributed by atoms with Crippen LogP contribution in [0.5, 0.6) is 0 Å². The fraction of sp³-hybridized carbons (Fsp3) is 0.462. The van der Waals surface area contributed by atoms with E-state index in [1.807, 2.05) is 32.9 Å². The number of nitrogens with one attached hydrogen (secondary N) is 1. The summed E-state index contributed by atoms with van der Waals surface area (Å²) in [6, 6.07) is 11.0. The third-order valence-electron chi connectivity index (χ3n) is 5.98. The van der Waals surface area contributed by atoms with Gasteiger partial charge in [0.25, 0.3) is 0 Å². The second-order valence-electron chi connectivity index (χ2n) is 8.92. The van der Waals surface area contributed by atoms with Crippen molar-refractivity contribution >= 4 is 62.3 Å². The van der Waals surface area contributed by atoms with Gasteiger partial charge in [-0.3, -0.25) is 13.9 Å². The molecule has 2 rings (SSSR count). The normalized spacial score (nSPS) is 13.1. The molecule has 0 aliphatic rings. The number of amides is 2. The third-order valence-corrected chi connectivity index (χ3v) is 7.97. The predicted molar refractivity (Wildman–Crippen MR) is 152 cm³/mol. The van der Waals surface area contributed by atoms with Gasteiger partial charge >= 0.3 is 0 Å². The highest BCUT2D eigenvalue weighted by atomic mass is 35.5. The van der Waals surface area contributed by atoms with Crippen molar-refractivity contribution in [3.63, 3.8) is 0 Å². The average Bonchev–Trinajstić information content (AvgIpc) is 2.83. The summed E-state index contributed by atoms with van der Waals surface area (Å²) in [5.74, 6) is -0.477. The first-order valence-corrected chi connectivity index (χ1v) is 15.1. The summed E-state index contributed by atoms with van der Waals surface area (Å²) in [6.45, 7) is 5.99. The van der Waals surface area contributed by atoms with Crippen molar-refractivity contribution < 1.29 is 18.0 Å². The molecule has 7 nitrogen and oxygen atoms in total. The van der Waals surface area contributed by atoms with Gasteiger partial charge in [0.2, 0.25) is 21.8 Å². The van der Waals surface area contributed by atoms with Gasteiger partial charge in [-0.05, 0) is 62.1 Å². The molecule has 0 aromatic heterocycles.